The fourth-order valence-corrected chi connectivity index (χ4v) is 2.43. The highest BCUT2D eigenvalue weighted by Gasteiger charge is 2.31. The van der Waals surface area contributed by atoms with Crippen LogP contribution in [0.15, 0.2) is 0 Å². The Balaban J connectivity index is 2.35. The lowest BCUT2D eigenvalue weighted by atomic mass is 9.81. The molecule has 0 radical (unpaired) electrons. The molecule has 0 amide bonds. The second kappa shape index (κ2) is 5.58. The number of aliphatic hydroxyl groups excluding tert-OH is 1. The number of nitrogens with one attached hydrogen (secondary N) is 1. The Morgan fingerprint density at radius 2 is 2.21 bits per heavy atom. The fraction of sp³-hybridized carbons (Fsp3) is 0.889. The van der Waals surface area contributed by atoms with Crippen LogP contribution < -0.4 is 5.32 Å². The van der Waals surface area contributed by atoms with Crippen LogP contribution >= 0.6 is 12.6 Å². The predicted octanol–water partition coefficient (Wildman–Crippen LogP) is 0.325. The number of rotatable bonds is 4. The van der Waals surface area contributed by atoms with Crippen LogP contribution in [0.3, 0.4) is 0 Å². The molecule has 0 aliphatic heterocycles. The molecule has 5 heteroatoms. The van der Waals surface area contributed by atoms with E-state index in [2.05, 4.69) is 17.9 Å². The number of aliphatic carboxylic acids is 1. The first kappa shape index (κ1) is 11.8. The first-order valence-electron chi connectivity index (χ1n) is 4.87. The monoisotopic (exact) mass is 219 g/mol. The quantitative estimate of drug-likeness (QED) is 0.406. The molecule has 3 atom stereocenters. The summed E-state index contributed by atoms with van der Waals surface area (Å²) in [5.74, 6) is -0.568. The van der Waals surface area contributed by atoms with Crippen LogP contribution in [0.1, 0.15) is 19.3 Å². The topological polar surface area (TPSA) is 69.6 Å². The summed E-state index contributed by atoms with van der Waals surface area (Å²) < 4.78 is 0. The highest BCUT2D eigenvalue weighted by Crippen LogP contribution is 2.32. The van der Waals surface area contributed by atoms with Crippen LogP contribution in [-0.2, 0) is 4.79 Å². The summed E-state index contributed by atoms with van der Waals surface area (Å²) in [5, 5.41) is 20.4. The van der Waals surface area contributed by atoms with Gasteiger partial charge in [-0.2, -0.15) is 12.6 Å². The largest absolute Gasteiger partial charge is 0.481 e. The maximum Gasteiger partial charge on any atom is 0.306 e. The van der Waals surface area contributed by atoms with Gasteiger partial charge in [0.2, 0.25) is 0 Å². The lowest BCUT2D eigenvalue weighted by Crippen LogP contribution is -2.36. The second-order valence-electron chi connectivity index (χ2n) is 3.79. The minimum absolute atomic E-state index is 0.0284. The summed E-state index contributed by atoms with van der Waals surface area (Å²) in [4.78, 5) is 10.7. The van der Waals surface area contributed by atoms with Crippen molar-refractivity contribution in [2.24, 2.45) is 11.8 Å². The highest BCUT2D eigenvalue weighted by molar-refractivity contribution is 7.81. The molecule has 0 aromatic heterocycles. The average molecular weight is 219 g/mol. The Morgan fingerprint density at radius 3 is 2.71 bits per heavy atom. The van der Waals surface area contributed by atoms with Crippen molar-refractivity contribution in [3.63, 3.8) is 0 Å². The zero-order valence-electron chi connectivity index (χ0n) is 8.02. The summed E-state index contributed by atoms with van der Waals surface area (Å²) in [6, 6.07) is 0. The van der Waals surface area contributed by atoms with Gasteiger partial charge in [0.1, 0.15) is 0 Å². The van der Waals surface area contributed by atoms with Crippen molar-refractivity contribution in [1.82, 2.24) is 5.32 Å². The van der Waals surface area contributed by atoms with E-state index in [1.807, 2.05) is 0 Å². The number of carbonyl (C=O) groups is 1. The van der Waals surface area contributed by atoms with E-state index in [-0.39, 0.29) is 17.9 Å². The van der Waals surface area contributed by atoms with Crippen molar-refractivity contribution in [2.45, 2.75) is 24.5 Å². The molecule has 1 saturated carbocycles. The predicted molar refractivity (Wildman–Crippen MR) is 56.3 cm³/mol. The highest BCUT2D eigenvalue weighted by atomic mass is 32.1. The second-order valence-corrected chi connectivity index (χ2v) is 4.45. The van der Waals surface area contributed by atoms with Crippen molar-refractivity contribution >= 4 is 18.6 Å². The van der Waals surface area contributed by atoms with Crippen LogP contribution in [0, 0.1) is 11.8 Å². The zero-order valence-corrected chi connectivity index (χ0v) is 8.91. The van der Waals surface area contributed by atoms with E-state index < -0.39 is 5.97 Å². The molecule has 3 unspecified atom stereocenters. The molecule has 3 N–H and O–H groups in total. The van der Waals surface area contributed by atoms with Gasteiger partial charge in [-0.3, -0.25) is 10.1 Å². The molecule has 1 aliphatic carbocycles. The zero-order chi connectivity index (χ0) is 10.6. The number of thiol groups is 1. The summed E-state index contributed by atoms with van der Waals surface area (Å²) in [5.41, 5.74) is 0. The Bertz CT molecular complexity index is 200. The molecule has 1 aliphatic rings. The van der Waals surface area contributed by atoms with Crippen LogP contribution in [0.5, 0.6) is 0 Å². The van der Waals surface area contributed by atoms with Crippen LogP contribution in [0.2, 0.25) is 0 Å². The van der Waals surface area contributed by atoms with Gasteiger partial charge >= 0.3 is 5.97 Å². The van der Waals surface area contributed by atoms with E-state index >= 15 is 0 Å². The molecule has 0 heterocycles. The maximum atomic E-state index is 10.7. The van der Waals surface area contributed by atoms with Gasteiger partial charge in [-0.15, -0.1) is 0 Å². The minimum atomic E-state index is -0.711. The molecule has 0 aromatic rings. The molecule has 1 rings (SSSR count). The van der Waals surface area contributed by atoms with E-state index in [4.69, 9.17) is 10.2 Å². The van der Waals surface area contributed by atoms with Gasteiger partial charge in [-0.25, -0.2) is 0 Å². The molecule has 82 valence electrons. The molecular formula is C9H17NO3S. The van der Waals surface area contributed by atoms with Gasteiger partial charge in [0.25, 0.3) is 0 Å². The molecule has 0 aromatic carbocycles. The van der Waals surface area contributed by atoms with Gasteiger partial charge in [-0.1, -0.05) is 0 Å². The van der Waals surface area contributed by atoms with Gasteiger partial charge < -0.3 is 10.2 Å². The van der Waals surface area contributed by atoms with E-state index in [0.29, 0.717) is 12.3 Å². The SMILES string of the molecule is O=C(O)C1CCC(CNCO)C(S)C1. The number of carboxylic acid groups (broad SMARTS) is 1. The standard InChI is InChI=1S/C9H17NO3S/c11-5-10-4-7-2-1-6(9(12)13)3-8(7)14/h6-8,10-11,14H,1-5H2,(H,12,13). The van der Waals surface area contributed by atoms with Crippen molar-refractivity contribution in [2.75, 3.05) is 13.3 Å². The van der Waals surface area contributed by atoms with Crippen LogP contribution in [-0.4, -0.2) is 34.7 Å². The molecular weight excluding hydrogens is 202 g/mol. The van der Waals surface area contributed by atoms with Crippen LogP contribution in [0.25, 0.3) is 0 Å². The summed E-state index contributed by atoms with van der Waals surface area (Å²) in [6.07, 6.45) is 2.23. The first-order chi connectivity index (χ1) is 6.65. The van der Waals surface area contributed by atoms with E-state index in [9.17, 15) is 4.79 Å². The van der Waals surface area contributed by atoms with Gasteiger partial charge in [0.05, 0.1) is 12.6 Å². The fourth-order valence-electron chi connectivity index (χ4n) is 1.92. The third-order valence-electron chi connectivity index (χ3n) is 2.82. The number of aliphatic hydroxyl groups is 1. The Hall–Kier alpha value is -0.260. The maximum absolute atomic E-state index is 10.7. The summed E-state index contributed by atoms with van der Waals surface area (Å²) >= 11 is 4.40. The normalized spacial score (nSPS) is 32.9. The van der Waals surface area contributed by atoms with E-state index in [1.54, 1.807) is 0 Å². The molecule has 0 spiro atoms. The lowest BCUT2D eigenvalue weighted by Gasteiger charge is -2.31. The Labute approximate surface area is 89.1 Å². The third kappa shape index (κ3) is 3.15. The van der Waals surface area contributed by atoms with E-state index in [1.165, 1.54) is 0 Å². The average Bonchev–Trinajstić information content (AvgIpc) is 2.15. The molecule has 14 heavy (non-hydrogen) atoms. The lowest BCUT2D eigenvalue weighted by molar-refractivity contribution is -0.143. The van der Waals surface area contributed by atoms with Gasteiger partial charge in [-0.05, 0) is 25.2 Å². The van der Waals surface area contributed by atoms with Crippen molar-refractivity contribution in [3.8, 4) is 0 Å². The molecule has 4 nitrogen and oxygen atoms in total. The van der Waals surface area contributed by atoms with Crippen LogP contribution in [0.4, 0.5) is 0 Å². The minimum Gasteiger partial charge on any atom is -0.481 e. The number of hydrogen-bond acceptors (Lipinski definition) is 4. The van der Waals surface area contributed by atoms with Crippen molar-refractivity contribution in [1.29, 1.82) is 0 Å². The number of carboxylic acids is 1. The third-order valence-corrected chi connectivity index (χ3v) is 3.46. The van der Waals surface area contributed by atoms with Crippen molar-refractivity contribution in [3.05, 3.63) is 0 Å². The first-order valence-corrected chi connectivity index (χ1v) is 5.39. The Morgan fingerprint density at radius 1 is 1.50 bits per heavy atom. The van der Waals surface area contributed by atoms with E-state index in [0.717, 1.165) is 19.4 Å². The number of hydrogen-bond donors (Lipinski definition) is 4. The van der Waals surface area contributed by atoms with Gasteiger partial charge in [0, 0.05) is 11.8 Å². The molecule has 0 saturated heterocycles. The Kier molecular flexibility index (Phi) is 4.71. The molecule has 0 bridgehead atoms. The summed E-state index contributed by atoms with van der Waals surface area (Å²) in [7, 11) is 0. The summed E-state index contributed by atoms with van der Waals surface area (Å²) in [6.45, 7) is 0.691. The smallest absolute Gasteiger partial charge is 0.306 e. The molecule has 1 fully saturated rings. The van der Waals surface area contributed by atoms with Crippen molar-refractivity contribution < 1.29 is 15.0 Å². The van der Waals surface area contributed by atoms with Gasteiger partial charge in [0.15, 0.2) is 0 Å².